The fraction of sp³-hybridized carbons (Fsp3) is 0.370. The number of aromatic nitrogens is 2. The molecule has 7 nitrogen and oxygen atoms in total. The maximum atomic E-state index is 12.3. The number of hydrogen-bond donors (Lipinski definition) is 2. The number of hydrogen-bond acceptors (Lipinski definition) is 6. The number of ether oxygens (including phenoxy) is 1. The SMILES string of the molecule is CCN1CCC(=O)NCCCCOc2cccc(c2)Nc2cc(ncn2)Cc2cccc(c2)C1. The van der Waals surface area contributed by atoms with Crippen LogP contribution < -0.4 is 15.4 Å². The molecule has 1 aliphatic heterocycles. The van der Waals surface area contributed by atoms with Crippen molar-refractivity contribution in [2.45, 2.75) is 39.2 Å². The molecule has 2 heterocycles. The normalized spacial score (nSPS) is 16.2. The zero-order valence-corrected chi connectivity index (χ0v) is 19.8. The van der Waals surface area contributed by atoms with Gasteiger partial charge in [0.1, 0.15) is 17.9 Å². The number of anilines is 2. The first-order valence-electron chi connectivity index (χ1n) is 12.1. The lowest BCUT2D eigenvalue weighted by Gasteiger charge is -2.20. The van der Waals surface area contributed by atoms with Crippen molar-refractivity contribution in [2.75, 3.05) is 31.6 Å². The average molecular weight is 460 g/mol. The van der Waals surface area contributed by atoms with Crippen molar-refractivity contribution in [2.24, 2.45) is 0 Å². The van der Waals surface area contributed by atoms with Crippen LogP contribution in [0.1, 0.15) is 43.0 Å². The van der Waals surface area contributed by atoms with Crippen LogP contribution >= 0.6 is 0 Å². The summed E-state index contributed by atoms with van der Waals surface area (Å²) in [7, 11) is 0. The molecule has 34 heavy (non-hydrogen) atoms. The largest absolute Gasteiger partial charge is 0.494 e. The van der Waals surface area contributed by atoms with E-state index >= 15 is 0 Å². The summed E-state index contributed by atoms with van der Waals surface area (Å²) in [4.78, 5) is 23.5. The fourth-order valence-corrected chi connectivity index (χ4v) is 4.02. The van der Waals surface area contributed by atoms with E-state index in [4.69, 9.17) is 4.74 Å². The summed E-state index contributed by atoms with van der Waals surface area (Å²) in [6, 6.07) is 18.5. The second-order valence-corrected chi connectivity index (χ2v) is 8.57. The molecule has 0 saturated heterocycles. The molecule has 0 fully saturated rings. The minimum absolute atomic E-state index is 0.105. The van der Waals surface area contributed by atoms with Crippen molar-refractivity contribution in [3.05, 3.63) is 77.7 Å². The monoisotopic (exact) mass is 459 g/mol. The van der Waals surface area contributed by atoms with Crippen molar-refractivity contribution >= 4 is 17.4 Å². The van der Waals surface area contributed by atoms with Crippen LogP contribution in [0.3, 0.4) is 0 Å². The van der Waals surface area contributed by atoms with Gasteiger partial charge in [0.15, 0.2) is 0 Å². The average Bonchev–Trinajstić information content (AvgIpc) is 2.84. The number of nitrogens with one attached hydrogen (secondary N) is 2. The van der Waals surface area contributed by atoms with Gasteiger partial charge in [0, 0.05) is 50.3 Å². The number of nitrogens with zero attached hydrogens (tertiary/aromatic N) is 3. The number of fused-ring (bicyclic) bond motifs is 6. The first-order valence-corrected chi connectivity index (χ1v) is 12.1. The fourth-order valence-electron chi connectivity index (χ4n) is 4.02. The van der Waals surface area contributed by atoms with E-state index in [1.54, 1.807) is 6.33 Å². The number of amides is 1. The van der Waals surface area contributed by atoms with Gasteiger partial charge in [-0.05, 0) is 42.6 Å². The summed E-state index contributed by atoms with van der Waals surface area (Å²) in [6.07, 6.45) is 4.60. The Labute approximate surface area is 201 Å². The lowest BCUT2D eigenvalue weighted by molar-refractivity contribution is -0.121. The molecule has 0 aliphatic carbocycles. The van der Waals surface area contributed by atoms with Crippen LogP contribution in [-0.4, -0.2) is 47.0 Å². The van der Waals surface area contributed by atoms with Gasteiger partial charge >= 0.3 is 0 Å². The zero-order chi connectivity index (χ0) is 23.6. The molecule has 0 spiro atoms. The summed E-state index contributed by atoms with van der Waals surface area (Å²) >= 11 is 0. The summed E-state index contributed by atoms with van der Waals surface area (Å²) in [5.74, 6) is 1.67. The molecule has 2 N–H and O–H groups in total. The lowest BCUT2D eigenvalue weighted by atomic mass is 10.1. The third kappa shape index (κ3) is 7.28. The maximum Gasteiger partial charge on any atom is 0.221 e. The van der Waals surface area contributed by atoms with E-state index in [9.17, 15) is 4.79 Å². The third-order valence-corrected chi connectivity index (χ3v) is 5.88. The van der Waals surface area contributed by atoms with Gasteiger partial charge in [0.05, 0.1) is 12.3 Å². The van der Waals surface area contributed by atoms with Gasteiger partial charge in [-0.15, -0.1) is 0 Å². The Morgan fingerprint density at radius 1 is 1.03 bits per heavy atom. The Kier molecular flexibility index (Phi) is 8.46. The number of carbonyl (C=O) groups excluding carboxylic acids is 1. The van der Waals surface area contributed by atoms with Crippen molar-refractivity contribution in [3.63, 3.8) is 0 Å². The highest BCUT2D eigenvalue weighted by atomic mass is 16.5. The van der Waals surface area contributed by atoms with Gasteiger partial charge in [-0.2, -0.15) is 0 Å². The van der Waals surface area contributed by atoms with Crippen molar-refractivity contribution < 1.29 is 9.53 Å². The molecule has 2 aromatic carbocycles. The summed E-state index contributed by atoms with van der Waals surface area (Å²) < 4.78 is 5.90. The van der Waals surface area contributed by atoms with E-state index < -0.39 is 0 Å². The van der Waals surface area contributed by atoms with E-state index in [2.05, 4.69) is 56.7 Å². The Hall–Kier alpha value is -3.45. The molecule has 0 atom stereocenters. The van der Waals surface area contributed by atoms with Gasteiger partial charge in [-0.1, -0.05) is 37.3 Å². The van der Waals surface area contributed by atoms with Crippen LogP contribution in [0.4, 0.5) is 11.5 Å². The van der Waals surface area contributed by atoms with E-state index in [1.807, 2.05) is 30.3 Å². The van der Waals surface area contributed by atoms with Crippen LogP contribution in [0, 0.1) is 0 Å². The van der Waals surface area contributed by atoms with Crippen LogP contribution in [0.15, 0.2) is 60.9 Å². The maximum absolute atomic E-state index is 12.3. The summed E-state index contributed by atoms with van der Waals surface area (Å²) in [5, 5.41) is 6.40. The molecule has 0 unspecified atom stereocenters. The zero-order valence-electron chi connectivity index (χ0n) is 19.8. The number of carbonyl (C=O) groups is 1. The minimum atomic E-state index is 0.105. The van der Waals surface area contributed by atoms with E-state index in [1.165, 1.54) is 11.1 Å². The molecule has 1 aliphatic rings. The smallest absolute Gasteiger partial charge is 0.221 e. The lowest BCUT2D eigenvalue weighted by Crippen LogP contribution is -2.31. The molecule has 7 heteroatoms. The highest BCUT2D eigenvalue weighted by molar-refractivity contribution is 5.76. The Morgan fingerprint density at radius 3 is 2.82 bits per heavy atom. The first kappa shape index (κ1) is 23.7. The number of rotatable bonds is 1. The predicted molar refractivity (Wildman–Crippen MR) is 134 cm³/mol. The predicted octanol–water partition coefficient (Wildman–Crippen LogP) is 4.31. The number of benzene rings is 2. The van der Waals surface area contributed by atoms with E-state index in [0.29, 0.717) is 19.6 Å². The highest BCUT2D eigenvalue weighted by Gasteiger charge is 2.09. The topological polar surface area (TPSA) is 79.4 Å². The molecule has 1 amide bonds. The van der Waals surface area contributed by atoms with Gasteiger partial charge < -0.3 is 15.4 Å². The summed E-state index contributed by atoms with van der Waals surface area (Å²) in [6.45, 7) is 5.88. The minimum Gasteiger partial charge on any atom is -0.494 e. The van der Waals surface area contributed by atoms with Crippen LogP contribution in [0.5, 0.6) is 5.75 Å². The van der Waals surface area contributed by atoms with E-state index in [0.717, 1.165) is 61.8 Å². The molecular formula is C27H33N5O2. The molecule has 0 saturated carbocycles. The second-order valence-electron chi connectivity index (χ2n) is 8.57. The first-order chi connectivity index (χ1) is 16.7. The van der Waals surface area contributed by atoms with Crippen LogP contribution in [0.2, 0.25) is 0 Å². The van der Waals surface area contributed by atoms with E-state index in [-0.39, 0.29) is 5.91 Å². The van der Waals surface area contributed by atoms with Crippen LogP contribution in [0.25, 0.3) is 0 Å². The second kappa shape index (κ2) is 12.1. The Morgan fingerprint density at radius 2 is 1.91 bits per heavy atom. The molecule has 4 rings (SSSR count). The van der Waals surface area contributed by atoms with Gasteiger partial charge in [0.25, 0.3) is 0 Å². The Balaban J connectivity index is 1.53. The van der Waals surface area contributed by atoms with Crippen molar-refractivity contribution in [1.29, 1.82) is 0 Å². The Bertz CT molecular complexity index is 1090. The van der Waals surface area contributed by atoms with Crippen molar-refractivity contribution in [1.82, 2.24) is 20.2 Å². The highest BCUT2D eigenvalue weighted by Crippen LogP contribution is 2.21. The quantitative estimate of drug-likeness (QED) is 0.565. The summed E-state index contributed by atoms with van der Waals surface area (Å²) in [5.41, 5.74) is 4.31. The van der Waals surface area contributed by atoms with Crippen LogP contribution in [-0.2, 0) is 17.8 Å². The van der Waals surface area contributed by atoms with Gasteiger partial charge in [-0.3, -0.25) is 9.69 Å². The molecule has 0 radical (unpaired) electrons. The molecule has 3 aromatic rings. The standard InChI is InChI=1S/C27H33N5O2/c1-2-32-13-11-27(33)28-12-3-4-14-34-25-10-6-9-23(17-25)31-26-18-24(29-20-30-26)16-21-7-5-8-22(15-21)19-32/h5-10,15,17-18,20H,2-4,11-14,16,19H2,1H3,(H,28,33)(H,29,30,31). The molecule has 178 valence electrons. The molecule has 6 bridgehead atoms. The molecular weight excluding hydrogens is 426 g/mol. The van der Waals surface area contributed by atoms with Gasteiger partial charge in [0.2, 0.25) is 5.91 Å². The third-order valence-electron chi connectivity index (χ3n) is 5.88. The van der Waals surface area contributed by atoms with Gasteiger partial charge in [-0.25, -0.2) is 9.97 Å². The van der Waals surface area contributed by atoms with Crippen molar-refractivity contribution in [3.8, 4) is 5.75 Å². The molecule has 1 aromatic heterocycles.